The van der Waals surface area contributed by atoms with Crippen LogP contribution in [0.15, 0.2) is 60.9 Å². The normalized spacial score (nSPS) is 10.8. The van der Waals surface area contributed by atoms with E-state index in [-0.39, 0.29) is 32.6 Å². The molecule has 6 N–H and O–H groups in total. The largest absolute Gasteiger partial charge is 0.444 e. The molecule has 0 aliphatic carbocycles. The van der Waals surface area contributed by atoms with Crippen molar-refractivity contribution >= 4 is 52.8 Å². The third kappa shape index (κ3) is 22.8. The molecule has 0 saturated heterocycles. The zero-order valence-corrected chi connectivity index (χ0v) is 41.5. The van der Waals surface area contributed by atoms with Gasteiger partial charge >= 0.3 is 6.09 Å². The van der Waals surface area contributed by atoms with Gasteiger partial charge in [0, 0.05) is 63.4 Å². The monoisotopic (exact) mass is 970 g/mol. The quantitative estimate of drug-likeness (QED) is 0.0357. The van der Waals surface area contributed by atoms with Crippen LogP contribution in [0.4, 0.5) is 39.7 Å². The van der Waals surface area contributed by atoms with Crippen molar-refractivity contribution < 1.29 is 19.1 Å². The van der Waals surface area contributed by atoms with Crippen LogP contribution in [0.5, 0.6) is 0 Å². The smallest absolute Gasteiger partial charge is 0.410 e. The Kier molecular flexibility index (Phi) is 28.2. The zero-order valence-electron chi connectivity index (χ0n) is 41.5. The number of nitrogens with one attached hydrogen (secondary N) is 6. The lowest BCUT2D eigenvalue weighted by Crippen LogP contribution is -2.47. The van der Waals surface area contributed by atoms with E-state index in [1.165, 1.54) is 4.90 Å². The molecule has 0 spiro atoms. The molecule has 17 nitrogen and oxygen atoms in total. The van der Waals surface area contributed by atoms with Gasteiger partial charge in [-0.3, -0.25) is 14.5 Å². The molecule has 0 aliphatic heterocycles. The number of nitrogens with zero attached hydrogens (tertiary/aromatic N) is 7. The fourth-order valence-electron chi connectivity index (χ4n) is 5.61. The van der Waals surface area contributed by atoms with Crippen molar-refractivity contribution in [2.45, 2.75) is 127 Å². The van der Waals surface area contributed by atoms with Crippen molar-refractivity contribution in [1.82, 2.24) is 35.5 Å². The summed E-state index contributed by atoms with van der Waals surface area (Å²) in [5, 5.41) is 36.5. The lowest BCUT2D eigenvalue weighted by molar-refractivity contribution is -0.125. The minimum Gasteiger partial charge on any atom is -0.444 e. The van der Waals surface area contributed by atoms with Gasteiger partial charge in [-0.25, -0.2) is 14.8 Å². The summed E-state index contributed by atoms with van der Waals surface area (Å²) in [7, 11) is 1.54. The van der Waals surface area contributed by atoms with Crippen LogP contribution >= 0.6 is 0 Å². The molecule has 2 heterocycles. The molecule has 0 fully saturated rings. The van der Waals surface area contributed by atoms with Crippen molar-refractivity contribution in [3.63, 3.8) is 0 Å². The first-order chi connectivity index (χ1) is 33.1. The molecule has 0 unspecified atom stereocenters. The van der Waals surface area contributed by atoms with Gasteiger partial charge in [-0.2, -0.15) is 20.5 Å². The van der Waals surface area contributed by atoms with Crippen LogP contribution in [-0.2, 0) is 14.3 Å². The zero-order chi connectivity index (χ0) is 50.6. The molecule has 0 aliphatic rings. The van der Waals surface area contributed by atoms with Crippen LogP contribution in [0.1, 0.15) is 137 Å². The number of aromatic nitrogens is 4. The van der Waals surface area contributed by atoms with E-state index in [9.17, 15) is 14.4 Å². The van der Waals surface area contributed by atoms with Gasteiger partial charge in [0.05, 0.1) is 46.8 Å². The second-order valence-corrected chi connectivity index (χ2v) is 16.9. The summed E-state index contributed by atoms with van der Waals surface area (Å²) in [6.45, 7) is 17.7. The minimum absolute atomic E-state index is 0. The van der Waals surface area contributed by atoms with E-state index in [1.807, 2.05) is 26.0 Å². The molecule has 71 heavy (non-hydrogen) atoms. The Balaban J connectivity index is 0.000000704. The Hall–Kier alpha value is -7.89. The fourth-order valence-corrected chi connectivity index (χ4v) is 5.61. The van der Waals surface area contributed by atoms with E-state index in [4.69, 9.17) is 15.3 Å². The number of carbonyl (C=O) groups is 3. The molecule has 3 amide bonds. The molecule has 2 aromatic heterocycles. The molecule has 2 atom stereocenters. The van der Waals surface area contributed by atoms with Crippen LogP contribution in [-0.4, -0.2) is 87.6 Å². The maximum Gasteiger partial charge on any atom is 0.410 e. The fraction of sp³-hybridized carbons (Fsp3) is 0.463. The second-order valence-electron chi connectivity index (χ2n) is 16.9. The van der Waals surface area contributed by atoms with Crippen LogP contribution in [0, 0.1) is 52.3 Å². The molecule has 4 rings (SSSR count). The Labute approximate surface area is 422 Å². The molecule has 17 heteroatoms. The van der Waals surface area contributed by atoms with Crippen LogP contribution in [0.3, 0.4) is 0 Å². The molecule has 0 radical (unpaired) electrons. The molecule has 0 bridgehead atoms. The van der Waals surface area contributed by atoms with Gasteiger partial charge in [-0.05, 0) is 108 Å². The van der Waals surface area contributed by atoms with E-state index in [1.54, 1.807) is 83.5 Å². The molecule has 0 saturated carbocycles. The van der Waals surface area contributed by atoms with Gasteiger partial charge in [0.2, 0.25) is 23.7 Å². The first-order valence-corrected chi connectivity index (χ1v) is 23.4. The summed E-state index contributed by atoms with van der Waals surface area (Å²) in [5.41, 5.74) is 3.55. The van der Waals surface area contributed by atoms with Crippen LogP contribution in [0.2, 0.25) is 0 Å². The van der Waals surface area contributed by atoms with Crippen molar-refractivity contribution in [2.75, 3.05) is 54.5 Å². The highest BCUT2D eigenvalue weighted by Gasteiger charge is 2.26. The van der Waals surface area contributed by atoms with Gasteiger partial charge in [0.15, 0.2) is 0 Å². The number of amides is 3. The van der Waals surface area contributed by atoms with Crippen molar-refractivity contribution in [3.8, 4) is 35.8 Å². The lowest BCUT2D eigenvalue weighted by atomic mass is 10.1. The minimum atomic E-state index is -0.656. The third-order valence-corrected chi connectivity index (χ3v) is 9.91. The van der Waals surface area contributed by atoms with E-state index >= 15 is 0 Å². The number of hydrogen-bond acceptors (Lipinski definition) is 14. The number of unbranched alkanes of at least 4 members (excludes halogenated alkanes) is 2. The van der Waals surface area contributed by atoms with Crippen molar-refractivity contribution in [2.24, 2.45) is 5.92 Å². The second kappa shape index (κ2) is 32.8. The number of anilines is 6. The van der Waals surface area contributed by atoms with Crippen molar-refractivity contribution in [3.05, 3.63) is 83.2 Å². The van der Waals surface area contributed by atoms with Gasteiger partial charge in [-0.1, -0.05) is 66.2 Å². The highest BCUT2D eigenvalue weighted by Crippen LogP contribution is 2.20. The summed E-state index contributed by atoms with van der Waals surface area (Å²) in [6.07, 6.45) is 8.25. The highest BCUT2D eigenvalue weighted by molar-refractivity contribution is 5.85. The predicted molar refractivity (Wildman–Crippen MR) is 285 cm³/mol. The Morgan fingerprint density at radius 1 is 0.676 bits per heavy atom. The van der Waals surface area contributed by atoms with Gasteiger partial charge in [0.1, 0.15) is 23.3 Å². The maximum absolute atomic E-state index is 12.4. The van der Waals surface area contributed by atoms with E-state index in [0.717, 1.165) is 55.7 Å². The number of hydrogen-bond donors (Lipinski definition) is 6. The van der Waals surface area contributed by atoms with Crippen LogP contribution < -0.4 is 31.9 Å². The summed E-state index contributed by atoms with van der Waals surface area (Å²) >= 11 is 0. The number of ether oxygens (including phenoxy) is 1. The summed E-state index contributed by atoms with van der Waals surface area (Å²) in [6, 6.07) is 17.7. The summed E-state index contributed by atoms with van der Waals surface area (Å²) in [5.74, 6) is 14.6. The number of carbonyl (C=O) groups excluding carboxylic acids is 3. The van der Waals surface area contributed by atoms with Crippen LogP contribution in [0.25, 0.3) is 0 Å². The number of nitriles is 2. The average Bonchev–Trinajstić information content (AvgIpc) is 3.34. The summed E-state index contributed by atoms with van der Waals surface area (Å²) < 4.78 is 5.31. The molecule has 2 aromatic carbocycles. The lowest BCUT2D eigenvalue weighted by Gasteiger charge is -2.28. The highest BCUT2D eigenvalue weighted by atomic mass is 16.6. The number of likely N-dealkylation sites (N-methyl/N-ethyl adjacent to an activating group) is 1. The SMILES string of the molecule is C.C.CCCNc1nc(Nc2ccc(C#N)cc2)ncc1C#CCCCNC(=O)[C@H](C)CC.CCCNc1nc(Nc2ccc(C#N)cc2)ncc1C#CCCCNC(=O)[C@H](C)N(C)C(=O)OC(C)(C)C. The standard InChI is InChI=1S/C28H37N7O3.C24H30N6O.2CH4/c1-7-16-30-24-22(19-32-26(34-24)33-23-14-12-21(18-29)13-15-23)11-9-8-10-17-31-25(36)20(2)35(6)27(37)38-28(3,4)5;1-4-14-26-22-20(9-7-6-8-15-27-23(31)18(3)5-2)17-28-24(30-22)29-21-12-10-19(16-25)11-13-21;;/h12-15,19-20H,7-8,10,16-17H2,1-6H3,(H,31,36)(H2,30,32,33,34);10-13,17-18H,4-6,8,14-15H2,1-3H3,(H,27,31)(H2,26,28,29,30);2*1H4/t20-;18-;;/m01../s1. The van der Waals surface area contributed by atoms with E-state index in [2.05, 4.69) is 102 Å². The molecule has 4 aromatic rings. The predicted octanol–water partition coefficient (Wildman–Crippen LogP) is 9.90. The van der Waals surface area contributed by atoms with E-state index < -0.39 is 17.7 Å². The van der Waals surface area contributed by atoms with Gasteiger partial charge < -0.3 is 36.6 Å². The molecular weight excluding hydrogens is 895 g/mol. The molecule has 380 valence electrons. The third-order valence-electron chi connectivity index (χ3n) is 9.91. The average molecular weight is 970 g/mol. The topological polar surface area (TPSA) is 235 Å². The number of benzene rings is 2. The Morgan fingerprint density at radius 3 is 1.48 bits per heavy atom. The summed E-state index contributed by atoms with van der Waals surface area (Å²) in [4.78, 5) is 55.5. The van der Waals surface area contributed by atoms with Gasteiger partial charge in [-0.15, -0.1) is 0 Å². The molecular formula is C54H75N13O4. The number of rotatable bonds is 20. The maximum atomic E-state index is 12.4. The van der Waals surface area contributed by atoms with E-state index in [0.29, 0.717) is 72.6 Å². The van der Waals surface area contributed by atoms with Crippen molar-refractivity contribution in [1.29, 1.82) is 10.5 Å². The Bertz CT molecular complexity index is 2490. The first kappa shape index (κ1) is 61.1. The van der Waals surface area contributed by atoms with Gasteiger partial charge in [0.25, 0.3) is 0 Å². The first-order valence-electron chi connectivity index (χ1n) is 23.4. The Morgan fingerprint density at radius 2 is 1.10 bits per heavy atom.